The number of hydrogen-bond donors (Lipinski definition) is 0. The number of methoxy groups -OCH3 is 1. The molecule has 0 bridgehead atoms. The lowest BCUT2D eigenvalue weighted by atomic mass is 10.2. The molecule has 0 saturated carbocycles. The molecule has 1 aromatic carbocycles. The highest BCUT2D eigenvalue weighted by atomic mass is 35.5. The largest absolute Gasteiger partial charge is 0.380 e. The van der Waals surface area contributed by atoms with Gasteiger partial charge in [-0.15, -0.1) is 0 Å². The molecule has 1 nitrogen and oxygen atoms in total. The predicted octanol–water partition coefficient (Wildman–Crippen LogP) is 2.29. The molecule has 0 unspecified atom stereocenters. The highest BCUT2D eigenvalue weighted by molar-refractivity contribution is 6.30. The van der Waals surface area contributed by atoms with E-state index in [0.29, 0.717) is 6.61 Å². The Balaban J connectivity index is 2.75. The molecule has 2 heteroatoms. The third-order valence-electron chi connectivity index (χ3n) is 1.12. The van der Waals surface area contributed by atoms with Crippen LogP contribution >= 0.6 is 11.6 Å². The summed E-state index contributed by atoms with van der Waals surface area (Å²) in [5, 5.41) is 0.728. The van der Waals surface area contributed by atoms with E-state index in [4.69, 9.17) is 16.3 Å². The lowest BCUT2D eigenvalue weighted by Gasteiger charge is -1.97. The molecule has 0 aliphatic carbocycles. The average molecular weight is 156 g/mol. The summed E-state index contributed by atoms with van der Waals surface area (Å²) >= 11 is 5.71. The summed E-state index contributed by atoms with van der Waals surface area (Å²) in [5.41, 5.74) is 0.981. The van der Waals surface area contributed by atoms with Gasteiger partial charge in [0.2, 0.25) is 0 Å². The van der Waals surface area contributed by atoms with Crippen molar-refractivity contribution in [2.24, 2.45) is 0 Å². The highest BCUT2D eigenvalue weighted by Gasteiger charge is 1.91. The van der Waals surface area contributed by atoms with Gasteiger partial charge in [-0.1, -0.05) is 17.7 Å². The van der Waals surface area contributed by atoms with E-state index in [-0.39, 0.29) is 0 Å². The Bertz CT molecular complexity index is 210. The maximum atomic E-state index is 5.71. The summed E-state index contributed by atoms with van der Waals surface area (Å²) in [5.74, 6) is 0. The summed E-state index contributed by atoms with van der Waals surface area (Å²) < 4.78 is 4.89. The van der Waals surface area contributed by atoms with Gasteiger partial charge in [0.1, 0.15) is 0 Å². The van der Waals surface area contributed by atoms with E-state index in [1.165, 1.54) is 0 Å². The minimum Gasteiger partial charge on any atom is -0.380 e. The van der Waals surface area contributed by atoms with Crippen LogP contribution < -0.4 is 0 Å². The van der Waals surface area contributed by atoms with Gasteiger partial charge >= 0.3 is 0 Å². The fourth-order valence-electron chi connectivity index (χ4n) is 0.723. The third kappa shape index (κ3) is 2.01. The maximum Gasteiger partial charge on any atom is 0.0719 e. The van der Waals surface area contributed by atoms with Crippen LogP contribution in [-0.2, 0) is 11.3 Å². The molecule has 53 valence electrons. The quantitative estimate of drug-likeness (QED) is 0.637. The Kier molecular flexibility index (Phi) is 2.72. The first-order chi connectivity index (χ1) is 4.83. The van der Waals surface area contributed by atoms with E-state index < -0.39 is 0 Å². The van der Waals surface area contributed by atoms with Gasteiger partial charge in [0.25, 0.3) is 0 Å². The zero-order chi connectivity index (χ0) is 7.40. The Hall–Kier alpha value is -0.530. The maximum absolute atomic E-state index is 5.71. The van der Waals surface area contributed by atoms with Gasteiger partial charge in [-0.3, -0.25) is 0 Å². The van der Waals surface area contributed by atoms with Crippen molar-refractivity contribution in [3.05, 3.63) is 34.9 Å². The number of ether oxygens (including phenoxy) is 1. The minimum absolute atomic E-state index is 0.570. The zero-order valence-electron chi connectivity index (χ0n) is 5.73. The van der Waals surface area contributed by atoms with Crippen LogP contribution in [0.4, 0.5) is 0 Å². The van der Waals surface area contributed by atoms with Crippen molar-refractivity contribution in [3.63, 3.8) is 0 Å². The van der Waals surface area contributed by atoms with Gasteiger partial charge in [-0.2, -0.15) is 0 Å². The van der Waals surface area contributed by atoms with Crippen molar-refractivity contribution < 1.29 is 4.74 Å². The molecule has 1 radical (unpaired) electrons. The molecular weight excluding hydrogens is 148 g/mol. The van der Waals surface area contributed by atoms with Gasteiger partial charge in [0.05, 0.1) is 6.61 Å². The zero-order valence-corrected chi connectivity index (χ0v) is 6.48. The van der Waals surface area contributed by atoms with Crippen molar-refractivity contribution in [2.45, 2.75) is 6.61 Å². The first-order valence-electron chi connectivity index (χ1n) is 2.98. The molecule has 1 aromatic rings. The van der Waals surface area contributed by atoms with Crippen LogP contribution in [0, 0.1) is 6.07 Å². The average Bonchev–Trinajstić information content (AvgIpc) is 1.88. The van der Waals surface area contributed by atoms with E-state index in [1.807, 2.05) is 6.07 Å². The SMILES string of the molecule is COCc1[c]ccc(Cl)c1. The lowest BCUT2D eigenvalue weighted by molar-refractivity contribution is 0.184. The fourth-order valence-corrected chi connectivity index (χ4v) is 0.918. The van der Waals surface area contributed by atoms with Crippen LogP contribution in [0.5, 0.6) is 0 Å². The predicted molar refractivity (Wildman–Crippen MR) is 41.0 cm³/mol. The molecule has 0 N–H and O–H groups in total. The summed E-state index contributed by atoms with van der Waals surface area (Å²) in [6, 6.07) is 8.42. The third-order valence-corrected chi connectivity index (χ3v) is 1.36. The van der Waals surface area contributed by atoms with Gasteiger partial charge in [0.15, 0.2) is 0 Å². The Labute approximate surface area is 65.6 Å². The summed E-state index contributed by atoms with van der Waals surface area (Å²) in [4.78, 5) is 0. The molecule has 1 rings (SSSR count). The molecule has 0 heterocycles. The van der Waals surface area contributed by atoms with Crippen LogP contribution in [0.3, 0.4) is 0 Å². The van der Waals surface area contributed by atoms with E-state index in [2.05, 4.69) is 6.07 Å². The monoisotopic (exact) mass is 155 g/mol. The molecule has 0 aromatic heterocycles. The first-order valence-corrected chi connectivity index (χ1v) is 3.36. The van der Waals surface area contributed by atoms with Crippen molar-refractivity contribution in [3.8, 4) is 0 Å². The normalized spacial score (nSPS) is 9.80. The fraction of sp³-hybridized carbons (Fsp3) is 0.250. The van der Waals surface area contributed by atoms with Gasteiger partial charge in [-0.05, 0) is 23.8 Å². The summed E-state index contributed by atoms with van der Waals surface area (Å²) in [6.07, 6.45) is 0. The molecule has 10 heavy (non-hydrogen) atoms. The van der Waals surface area contributed by atoms with Gasteiger partial charge < -0.3 is 4.74 Å². The molecule has 0 aliphatic rings. The molecule has 0 saturated heterocycles. The Morgan fingerprint density at radius 1 is 1.70 bits per heavy atom. The van der Waals surface area contributed by atoms with Crippen LogP contribution in [0.25, 0.3) is 0 Å². The summed E-state index contributed by atoms with van der Waals surface area (Å²) in [7, 11) is 1.65. The van der Waals surface area contributed by atoms with E-state index in [0.717, 1.165) is 10.6 Å². The highest BCUT2D eigenvalue weighted by Crippen LogP contribution is 2.10. The van der Waals surface area contributed by atoms with Crippen LogP contribution in [0.2, 0.25) is 5.02 Å². The van der Waals surface area contributed by atoms with Gasteiger partial charge in [-0.25, -0.2) is 0 Å². The van der Waals surface area contributed by atoms with Crippen LogP contribution in [0.15, 0.2) is 18.2 Å². The topological polar surface area (TPSA) is 9.23 Å². The Morgan fingerprint density at radius 3 is 3.10 bits per heavy atom. The molecule has 0 atom stereocenters. The second-order valence-electron chi connectivity index (χ2n) is 1.97. The van der Waals surface area contributed by atoms with Gasteiger partial charge in [0, 0.05) is 12.1 Å². The second-order valence-corrected chi connectivity index (χ2v) is 2.40. The second kappa shape index (κ2) is 3.59. The first kappa shape index (κ1) is 7.58. The van der Waals surface area contributed by atoms with Crippen molar-refractivity contribution in [2.75, 3.05) is 7.11 Å². The van der Waals surface area contributed by atoms with E-state index >= 15 is 0 Å². The number of rotatable bonds is 2. The molecule has 0 spiro atoms. The Morgan fingerprint density at radius 2 is 2.50 bits per heavy atom. The molecule has 0 aliphatic heterocycles. The molecule has 0 amide bonds. The van der Waals surface area contributed by atoms with E-state index in [9.17, 15) is 0 Å². The number of benzene rings is 1. The standard InChI is InChI=1S/C8H8ClO/c1-10-6-7-3-2-4-8(9)5-7/h2,4-5H,6H2,1H3. The summed E-state index contributed by atoms with van der Waals surface area (Å²) in [6.45, 7) is 0.570. The molecular formula is C8H8ClO. The number of hydrogen-bond acceptors (Lipinski definition) is 1. The minimum atomic E-state index is 0.570. The van der Waals surface area contributed by atoms with E-state index in [1.54, 1.807) is 19.2 Å². The molecule has 0 fully saturated rings. The van der Waals surface area contributed by atoms with Crippen LogP contribution in [0.1, 0.15) is 5.56 Å². The van der Waals surface area contributed by atoms with Crippen LogP contribution in [-0.4, -0.2) is 7.11 Å². The lowest BCUT2D eigenvalue weighted by Crippen LogP contribution is -1.85. The van der Waals surface area contributed by atoms with Crippen molar-refractivity contribution in [1.29, 1.82) is 0 Å². The van der Waals surface area contributed by atoms with Crippen molar-refractivity contribution >= 4 is 11.6 Å². The smallest absolute Gasteiger partial charge is 0.0719 e. The van der Waals surface area contributed by atoms with Crippen molar-refractivity contribution in [1.82, 2.24) is 0 Å². The number of halogens is 1.